The minimum atomic E-state index is -0.844. The fourth-order valence-electron chi connectivity index (χ4n) is 2.14. The van der Waals surface area contributed by atoms with Gasteiger partial charge in [0.05, 0.1) is 0 Å². The summed E-state index contributed by atoms with van der Waals surface area (Å²) in [7, 11) is 0. The molecule has 0 bridgehead atoms. The Morgan fingerprint density at radius 3 is 2.71 bits per heavy atom. The van der Waals surface area contributed by atoms with Crippen molar-refractivity contribution in [2.24, 2.45) is 5.92 Å². The van der Waals surface area contributed by atoms with Gasteiger partial charge in [0.2, 0.25) is 5.91 Å². The van der Waals surface area contributed by atoms with Gasteiger partial charge in [-0.2, -0.15) is 0 Å². The SMILES string of the molecule is CC(C)C[CH]NC(=O)[C@H](CCCNC(=N)N[N+](=O)[O-])NC(=O)c1ccccn1. The van der Waals surface area contributed by atoms with E-state index in [4.69, 9.17) is 5.41 Å². The Morgan fingerprint density at radius 1 is 1.36 bits per heavy atom. The van der Waals surface area contributed by atoms with Crippen LogP contribution in [0.4, 0.5) is 0 Å². The van der Waals surface area contributed by atoms with Crippen molar-refractivity contribution in [2.45, 2.75) is 39.2 Å². The topological polar surface area (TPSA) is 162 Å². The fraction of sp³-hybridized carbons (Fsp3) is 0.471. The van der Waals surface area contributed by atoms with E-state index < -0.39 is 22.9 Å². The maximum absolute atomic E-state index is 12.4. The van der Waals surface area contributed by atoms with Crippen LogP contribution < -0.4 is 21.4 Å². The number of pyridine rings is 1. The summed E-state index contributed by atoms with van der Waals surface area (Å²) in [5.74, 6) is -0.899. The summed E-state index contributed by atoms with van der Waals surface area (Å²) in [5, 5.41) is 24.6. The number of carbonyl (C=O) groups is 2. The molecule has 0 aromatic carbocycles. The second kappa shape index (κ2) is 12.2. The third-order valence-electron chi connectivity index (χ3n) is 3.53. The van der Waals surface area contributed by atoms with Gasteiger partial charge in [-0.3, -0.25) is 20.0 Å². The summed E-state index contributed by atoms with van der Waals surface area (Å²) in [4.78, 5) is 38.9. The summed E-state index contributed by atoms with van der Waals surface area (Å²) < 4.78 is 0. The molecule has 153 valence electrons. The van der Waals surface area contributed by atoms with Crippen LogP contribution in [0.3, 0.4) is 0 Å². The lowest BCUT2D eigenvalue weighted by Crippen LogP contribution is -2.47. The molecular weight excluding hydrogens is 366 g/mol. The number of hydrogen-bond donors (Lipinski definition) is 5. The van der Waals surface area contributed by atoms with Crippen molar-refractivity contribution in [3.8, 4) is 0 Å². The number of nitrogens with zero attached hydrogens (tertiary/aromatic N) is 2. The molecule has 5 N–H and O–H groups in total. The Labute approximate surface area is 163 Å². The zero-order valence-corrected chi connectivity index (χ0v) is 15.9. The van der Waals surface area contributed by atoms with Crippen molar-refractivity contribution in [1.29, 1.82) is 5.41 Å². The third kappa shape index (κ3) is 9.46. The van der Waals surface area contributed by atoms with Gasteiger partial charge in [0.1, 0.15) is 11.7 Å². The first-order chi connectivity index (χ1) is 13.3. The van der Waals surface area contributed by atoms with Gasteiger partial charge in [0.25, 0.3) is 11.9 Å². The van der Waals surface area contributed by atoms with Gasteiger partial charge < -0.3 is 16.0 Å². The fourth-order valence-corrected chi connectivity index (χ4v) is 2.14. The molecular formula is C17H26N7O4. The molecule has 0 saturated heterocycles. The molecule has 1 atom stereocenters. The minimum Gasteiger partial charge on any atom is -0.352 e. The number of nitro groups is 1. The number of hydrazine groups is 1. The van der Waals surface area contributed by atoms with Crippen LogP contribution >= 0.6 is 0 Å². The van der Waals surface area contributed by atoms with Gasteiger partial charge in [0, 0.05) is 19.3 Å². The van der Waals surface area contributed by atoms with Gasteiger partial charge in [-0.05, 0) is 37.3 Å². The van der Waals surface area contributed by atoms with Crippen LogP contribution in [0, 0.1) is 28.0 Å². The lowest BCUT2D eigenvalue weighted by atomic mass is 10.1. The minimum absolute atomic E-state index is 0.196. The molecule has 1 aromatic rings. The monoisotopic (exact) mass is 392 g/mol. The van der Waals surface area contributed by atoms with E-state index in [9.17, 15) is 19.7 Å². The van der Waals surface area contributed by atoms with Crippen LogP contribution in [0.2, 0.25) is 0 Å². The molecule has 0 aliphatic carbocycles. The average Bonchev–Trinajstić information content (AvgIpc) is 2.63. The highest BCUT2D eigenvalue weighted by atomic mass is 16.7. The van der Waals surface area contributed by atoms with E-state index in [0.717, 1.165) is 0 Å². The second-order valence-corrected chi connectivity index (χ2v) is 6.40. The predicted octanol–water partition coefficient (Wildman–Crippen LogP) is 0.590. The average molecular weight is 392 g/mol. The highest BCUT2D eigenvalue weighted by Crippen LogP contribution is 2.04. The Balaban J connectivity index is 2.59. The molecule has 0 unspecified atom stereocenters. The number of nitrogens with one attached hydrogen (secondary N) is 5. The molecule has 0 aliphatic rings. The number of amides is 2. The van der Waals surface area contributed by atoms with Crippen LogP contribution in [0.5, 0.6) is 0 Å². The Hall–Kier alpha value is -3.24. The third-order valence-corrected chi connectivity index (χ3v) is 3.53. The van der Waals surface area contributed by atoms with Gasteiger partial charge in [-0.15, -0.1) is 0 Å². The van der Waals surface area contributed by atoms with Gasteiger partial charge in [0.15, 0.2) is 5.03 Å². The number of hydrogen-bond acceptors (Lipinski definition) is 6. The molecule has 0 fully saturated rings. The molecule has 0 spiro atoms. The number of aromatic nitrogens is 1. The van der Waals surface area contributed by atoms with Gasteiger partial charge >= 0.3 is 0 Å². The van der Waals surface area contributed by atoms with Crippen LogP contribution in [0.15, 0.2) is 24.4 Å². The molecule has 1 aromatic heterocycles. The first kappa shape index (κ1) is 22.8. The summed E-state index contributed by atoms with van der Waals surface area (Å²) >= 11 is 0. The maximum Gasteiger partial charge on any atom is 0.270 e. The molecule has 1 radical (unpaired) electrons. The highest BCUT2D eigenvalue weighted by molar-refractivity contribution is 5.96. The normalized spacial score (nSPS) is 11.4. The lowest BCUT2D eigenvalue weighted by Gasteiger charge is -2.18. The van der Waals surface area contributed by atoms with Gasteiger partial charge in [-0.25, -0.2) is 10.1 Å². The maximum atomic E-state index is 12.4. The Bertz CT molecular complexity index is 667. The summed E-state index contributed by atoms with van der Waals surface area (Å²) in [6.07, 6.45) is 2.85. The van der Waals surface area contributed by atoms with Gasteiger partial charge in [-0.1, -0.05) is 25.3 Å². The second-order valence-electron chi connectivity index (χ2n) is 6.40. The Morgan fingerprint density at radius 2 is 2.11 bits per heavy atom. The van der Waals surface area contributed by atoms with E-state index >= 15 is 0 Å². The van der Waals surface area contributed by atoms with E-state index in [0.29, 0.717) is 18.8 Å². The zero-order chi connectivity index (χ0) is 20.9. The summed E-state index contributed by atoms with van der Waals surface area (Å²) in [6.45, 7) is 5.91. The van der Waals surface area contributed by atoms with E-state index in [1.54, 1.807) is 30.2 Å². The molecule has 1 heterocycles. The number of guanidine groups is 1. The van der Waals surface area contributed by atoms with E-state index in [-0.39, 0.29) is 24.6 Å². The smallest absolute Gasteiger partial charge is 0.270 e. The predicted molar refractivity (Wildman–Crippen MR) is 102 cm³/mol. The first-order valence-electron chi connectivity index (χ1n) is 8.87. The van der Waals surface area contributed by atoms with Crippen molar-refractivity contribution in [1.82, 2.24) is 26.4 Å². The van der Waals surface area contributed by atoms with Crippen LogP contribution in [0.1, 0.15) is 43.6 Å². The molecule has 0 saturated carbocycles. The van der Waals surface area contributed by atoms with Crippen LogP contribution in [-0.4, -0.2) is 40.4 Å². The van der Waals surface area contributed by atoms with Crippen molar-refractivity contribution in [3.05, 3.63) is 46.7 Å². The van der Waals surface area contributed by atoms with Crippen LogP contribution in [-0.2, 0) is 4.79 Å². The first-order valence-corrected chi connectivity index (χ1v) is 8.87. The lowest BCUT2D eigenvalue weighted by molar-refractivity contribution is -0.525. The summed E-state index contributed by atoms with van der Waals surface area (Å²) in [5.41, 5.74) is 1.87. The standard InChI is InChI=1S/C17H26N7O4/c1-12(2)8-11-20-15(25)14(7-5-10-21-17(18)23-24(27)28)22-16(26)13-6-3-4-9-19-13/h3-4,6,9,11-12,14H,5,7-8,10H2,1-2H3,(H,20,25)(H,22,26)(H3,18,21,23)/t14-/m0/s1. The number of carbonyl (C=O) groups excluding carboxylic acids is 2. The van der Waals surface area contributed by atoms with Crippen molar-refractivity contribution in [2.75, 3.05) is 6.54 Å². The molecule has 11 heteroatoms. The van der Waals surface area contributed by atoms with Crippen molar-refractivity contribution >= 4 is 17.8 Å². The molecule has 28 heavy (non-hydrogen) atoms. The van der Waals surface area contributed by atoms with E-state index in [1.165, 1.54) is 6.20 Å². The van der Waals surface area contributed by atoms with Crippen molar-refractivity contribution in [3.63, 3.8) is 0 Å². The molecule has 0 aliphatic heterocycles. The van der Waals surface area contributed by atoms with Crippen LogP contribution in [0.25, 0.3) is 0 Å². The van der Waals surface area contributed by atoms with E-state index in [2.05, 4.69) is 20.9 Å². The largest absolute Gasteiger partial charge is 0.352 e. The number of rotatable bonds is 11. The molecule has 11 nitrogen and oxygen atoms in total. The molecule has 1 rings (SSSR count). The highest BCUT2D eigenvalue weighted by Gasteiger charge is 2.21. The quantitative estimate of drug-likeness (QED) is 0.121. The Kier molecular flexibility index (Phi) is 9.94. The zero-order valence-electron chi connectivity index (χ0n) is 15.9. The van der Waals surface area contributed by atoms with Crippen molar-refractivity contribution < 1.29 is 14.6 Å². The van der Waals surface area contributed by atoms with E-state index in [1.807, 2.05) is 13.8 Å². The molecule has 2 amide bonds. The summed E-state index contributed by atoms with van der Waals surface area (Å²) in [6, 6.07) is 4.09.